The number of hydrogen-bond acceptors (Lipinski definition) is 3. The quantitative estimate of drug-likeness (QED) is 0.844. The molecule has 3 heteroatoms. The first kappa shape index (κ1) is 14.9. The van der Waals surface area contributed by atoms with Gasteiger partial charge in [0.2, 0.25) is 0 Å². The maximum atomic E-state index is 5.20. The topological polar surface area (TPSA) is 33.3 Å². The molecule has 1 aromatic rings. The van der Waals surface area contributed by atoms with Gasteiger partial charge in [0.05, 0.1) is 7.11 Å². The van der Waals surface area contributed by atoms with Gasteiger partial charge >= 0.3 is 0 Å². The molecular formula is C18H28N2O. The zero-order valence-electron chi connectivity index (χ0n) is 13.1. The molecule has 3 rings (SSSR count). The number of methoxy groups -OCH3 is 1. The van der Waals surface area contributed by atoms with Crippen molar-refractivity contribution in [2.24, 2.45) is 5.92 Å². The number of nitrogens with one attached hydrogen (secondary N) is 2. The largest absolute Gasteiger partial charge is 0.497 e. The molecule has 2 N–H and O–H groups in total. The second-order valence-electron chi connectivity index (χ2n) is 6.46. The molecule has 1 saturated carbocycles. The number of hydrogen-bond donors (Lipinski definition) is 2. The maximum Gasteiger partial charge on any atom is 0.118 e. The minimum atomic E-state index is 0.721. The Hall–Kier alpha value is -1.06. The smallest absolute Gasteiger partial charge is 0.118 e. The van der Waals surface area contributed by atoms with Crippen molar-refractivity contribution in [3.63, 3.8) is 0 Å². The van der Waals surface area contributed by atoms with Crippen LogP contribution in [0.3, 0.4) is 0 Å². The normalized spacial score (nSPS) is 28.9. The zero-order valence-corrected chi connectivity index (χ0v) is 13.1. The van der Waals surface area contributed by atoms with Crippen molar-refractivity contribution in [2.45, 2.75) is 50.6 Å². The van der Waals surface area contributed by atoms with E-state index in [0.29, 0.717) is 0 Å². The lowest BCUT2D eigenvalue weighted by Gasteiger charge is -2.26. The molecule has 3 unspecified atom stereocenters. The van der Waals surface area contributed by atoms with Gasteiger partial charge in [-0.3, -0.25) is 0 Å². The highest BCUT2D eigenvalue weighted by Crippen LogP contribution is 2.31. The van der Waals surface area contributed by atoms with Gasteiger partial charge in [-0.05, 0) is 68.8 Å². The summed E-state index contributed by atoms with van der Waals surface area (Å²) in [4.78, 5) is 0. The fourth-order valence-corrected chi connectivity index (χ4v) is 3.99. The Labute approximate surface area is 128 Å². The number of rotatable bonds is 6. The standard InChI is InChI=1S/C18H28N2O/c1-21-15-9-7-14(8-10-15)11-13-20-17-5-2-4-16(17)18-6-3-12-19-18/h7-10,16-20H,2-6,11-13H2,1H3. The first-order chi connectivity index (χ1) is 10.4. The van der Waals surface area contributed by atoms with Gasteiger partial charge in [-0.2, -0.15) is 0 Å². The minimum absolute atomic E-state index is 0.721. The molecule has 1 heterocycles. The lowest BCUT2D eigenvalue weighted by atomic mass is 9.93. The Morgan fingerprint density at radius 3 is 2.71 bits per heavy atom. The first-order valence-corrected chi connectivity index (χ1v) is 8.46. The van der Waals surface area contributed by atoms with E-state index in [2.05, 4.69) is 34.9 Å². The van der Waals surface area contributed by atoms with Gasteiger partial charge in [-0.15, -0.1) is 0 Å². The molecule has 0 aromatic heterocycles. The molecule has 1 saturated heterocycles. The van der Waals surface area contributed by atoms with Crippen LogP contribution in [-0.4, -0.2) is 32.3 Å². The van der Waals surface area contributed by atoms with Crippen molar-refractivity contribution in [2.75, 3.05) is 20.2 Å². The Kier molecular flexibility index (Phi) is 5.15. The van der Waals surface area contributed by atoms with Crippen molar-refractivity contribution in [1.29, 1.82) is 0 Å². The highest BCUT2D eigenvalue weighted by Gasteiger charge is 2.34. The first-order valence-electron chi connectivity index (χ1n) is 8.46. The average molecular weight is 288 g/mol. The molecule has 3 nitrogen and oxygen atoms in total. The highest BCUT2D eigenvalue weighted by molar-refractivity contribution is 5.27. The number of ether oxygens (including phenoxy) is 1. The van der Waals surface area contributed by atoms with Gasteiger partial charge < -0.3 is 15.4 Å². The lowest BCUT2D eigenvalue weighted by Crippen LogP contribution is -2.42. The summed E-state index contributed by atoms with van der Waals surface area (Å²) in [6, 6.07) is 9.94. The molecule has 3 atom stereocenters. The summed E-state index contributed by atoms with van der Waals surface area (Å²) in [6.07, 6.45) is 7.98. The fourth-order valence-electron chi connectivity index (χ4n) is 3.99. The van der Waals surface area contributed by atoms with Crippen LogP contribution in [0.1, 0.15) is 37.7 Å². The van der Waals surface area contributed by atoms with Crippen LogP contribution in [0.25, 0.3) is 0 Å². The summed E-state index contributed by atoms with van der Waals surface area (Å²) in [5.41, 5.74) is 1.39. The van der Waals surface area contributed by atoms with E-state index in [1.54, 1.807) is 7.11 Å². The third-order valence-corrected chi connectivity index (χ3v) is 5.16. The Morgan fingerprint density at radius 2 is 2.00 bits per heavy atom. The fraction of sp³-hybridized carbons (Fsp3) is 0.667. The van der Waals surface area contributed by atoms with Gasteiger partial charge in [0.15, 0.2) is 0 Å². The molecule has 0 bridgehead atoms. The molecule has 2 fully saturated rings. The summed E-state index contributed by atoms with van der Waals surface area (Å²) in [6.45, 7) is 2.31. The molecular weight excluding hydrogens is 260 g/mol. The van der Waals surface area contributed by atoms with E-state index in [4.69, 9.17) is 4.74 Å². The third kappa shape index (κ3) is 3.78. The Bertz CT molecular complexity index is 425. The van der Waals surface area contributed by atoms with E-state index >= 15 is 0 Å². The molecule has 0 radical (unpaired) electrons. The minimum Gasteiger partial charge on any atom is -0.497 e. The van der Waals surface area contributed by atoms with Crippen LogP contribution in [0.4, 0.5) is 0 Å². The van der Waals surface area contributed by atoms with Crippen molar-refractivity contribution in [3.8, 4) is 5.75 Å². The zero-order chi connectivity index (χ0) is 14.5. The van der Waals surface area contributed by atoms with Crippen molar-refractivity contribution < 1.29 is 4.74 Å². The van der Waals surface area contributed by atoms with Crippen LogP contribution < -0.4 is 15.4 Å². The van der Waals surface area contributed by atoms with Crippen LogP contribution in [0, 0.1) is 5.92 Å². The van der Waals surface area contributed by atoms with E-state index in [-0.39, 0.29) is 0 Å². The second kappa shape index (κ2) is 7.28. The van der Waals surface area contributed by atoms with Crippen LogP contribution in [-0.2, 0) is 6.42 Å². The monoisotopic (exact) mass is 288 g/mol. The molecule has 0 spiro atoms. The number of benzene rings is 1. The van der Waals surface area contributed by atoms with Crippen molar-refractivity contribution in [1.82, 2.24) is 10.6 Å². The summed E-state index contributed by atoms with van der Waals surface area (Å²) >= 11 is 0. The Balaban J connectivity index is 1.45. The molecule has 1 aliphatic heterocycles. The lowest BCUT2D eigenvalue weighted by molar-refractivity contribution is 0.322. The van der Waals surface area contributed by atoms with Gasteiger partial charge in [0.1, 0.15) is 5.75 Å². The molecule has 116 valence electrons. The highest BCUT2D eigenvalue weighted by atomic mass is 16.5. The molecule has 1 aromatic carbocycles. The van der Waals surface area contributed by atoms with Crippen molar-refractivity contribution in [3.05, 3.63) is 29.8 Å². The van der Waals surface area contributed by atoms with Gasteiger partial charge in [-0.1, -0.05) is 18.6 Å². The molecule has 1 aliphatic carbocycles. The summed E-state index contributed by atoms with van der Waals surface area (Å²) in [7, 11) is 1.72. The SMILES string of the molecule is COc1ccc(CCNC2CCCC2C2CCCN2)cc1. The average Bonchev–Trinajstić information content (AvgIpc) is 3.18. The van der Waals surface area contributed by atoms with E-state index in [1.807, 2.05) is 0 Å². The van der Waals surface area contributed by atoms with Crippen LogP contribution in [0.2, 0.25) is 0 Å². The van der Waals surface area contributed by atoms with Gasteiger partial charge in [0.25, 0.3) is 0 Å². The molecule has 2 aliphatic rings. The van der Waals surface area contributed by atoms with Crippen molar-refractivity contribution >= 4 is 0 Å². The third-order valence-electron chi connectivity index (χ3n) is 5.16. The van der Waals surface area contributed by atoms with E-state index in [1.165, 1.54) is 44.2 Å². The summed E-state index contributed by atoms with van der Waals surface area (Å²) < 4.78 is 5.20. The van der Waals surface area contributed by atoms with E-state index < -0.39 is 0 Å². The molecule has 0 amide bonds. The predicted octanol–water partition coefficient (Wildman–Crippen LogP) is 2.75. The van der Waals surface area contributed by atoms with E-state index in [0.717, 1.165) is 36.7 Å². The van der Waals surface area contributed by atoms with Crippen LogP contribution in [0.5, 0.6) is 5.75 Å². The summed E-state index contributed by atoms with van der Waals surface area (Å²) in [5, 5.41) is 7.51. The van der Waals surface area contributed by atoms with Crippen LogP contribution >= 0.6 is 0 Å². The second-order valence-corrected chi connectivity index (χ2v) is 6.46. The van der Waals surface area contributed by atoms with Gasteiger partial charge in [-0.25, -0.2) is 0 Å². The summed E-state index contributed by atoms with van der Waals surface area (Å²) in [5.74, 6) is 1.79. The predicted molar refractivity (Wildman–Crippen MR) is 86.9 cm³/mol. The van der Waals surface area contributed by atoms with Gasteiger partial charge in [0, 0.05) is 12.1 Å². The Morgan fingerprint density at radius 1 is 1.14 bits per heavy atom. The van der Waals surface area contributed by atoms with E-state index in [9.17, 15) is 0 Å². The molecule has 21 heavy (non-hydrogen) atoms. The maximum absolute atomic E-state index is 5.20. The van der Waals surface area contributed by atoms with Crippen LogP contribution in [0.15, 0.2) is 24.3 Å².